The average molecular weight is 341 g/mol. The molecule has 0 radical (unpaired) electrons. The second kappa shape index (κ2) is 12.9. The molecular weight excluding hydrogens is 300 g/mol. The largest absolute Gasteiger partial charge is 0.331 e. The predicted octanol–water partition coefficient (Wildman–Crippen LogP) is 6.08. The first-order valence-electron chi connectivity index (χ1n) is 10.0. The van der Waals surface area contributed by atoms with Crippen molar-refractivity contribution in [1.29, 1.82) is 0 Å². The highest BCUT2D eigenvalue weighted by Gasteiger charge is 2.39. The summed E-state index contributed by atoms with van der Waals surface area (Å²) in [6.07, 6.45) is 19.8. The van der Waals surface area contributed by atoms with E-state index in [1.165, 1.54) is 64.2 Å². The Hall–Kier alpha value is -0.380. The maximum atomic E-state index is 5.68. The van der Waals surface area contributed by atoms with E-state index in [0.717, 1.165) is 18.8 Å². The van der Waals surface area contributed by atoms with Gasteiger partial charge >= 0.3 is 0 Å². The lowest BCUT2D eigenvalue weighted by Gasteiger charge is -2.37. The van der Waals surface area contributed by atoms with E-state index in [-0.39, 0.29) is 0 Å². The first kappa shape index (κ1) is 21.7. The first-order valence-corrected chi connectivity index (χ1v) is 10.0. The number of allylic oxidation sites excluding steroid dienone is 2. The fourth-order valence-electron chi connectivity index (χ4n) is 3.97. The third-order valence-corrected chi connectivity index (χ3v) is 5.56. The molecule has 24 heavy (non-hydrogen) atoms. The first-order chi connectivity index (χ1) is 11.7. The summed E-state index contributed by atoms with van der Waals surface area (Å²) in [5.41, 5.74) is 0. The molecule has 142 valence electrons. The van der Waals surface area contributed by atoms with Crippen LogP contribution in [-0.2, 0) is 14.2 Å². The Balaban J connectivity index is 2.49. The number of ether oxygens (including phenoxy) is 3. The number of hydrogen-bond acceptors (Lipinski definition) is 3. The van der Waals surface area contributed by atoms with Crippen LogP contribution in [0.25, 0.3) is 0 Å². The maximum absolute atomic E-state index is 5.68. The van der Waals surface area contributed by atoms with Crippen molar-refractivity contribution in [2.24, 2.45) is 11.8 Å². The van der Waals surface area contributed by atoms with Gasteiger partial charge in [0.05, 0.1) is 0 Å². The van der Waals surface area contributed by atoms with Crippen LogP contribution in [0.5, 0.6) is 0 Å². The summed E-state index contributed by atoms with van der Waals surface area (Å²) in [5, 5.41) is 0. The van der Waals surface area contributed by atoms with E-state index in [0.29, 0.717) is 5.92 Å². The van der Waals surface area contributed by atoms with Gasteiger partial charge in [-0.25, -0.2) is 0 Å². The average Bonchev–Trinajstić information content (AvgIpc) is 2.64. The van der Waals surface area contributed by atoms with E-state index in [2.05, 4.69) is 19.1 Å². The van der Waals surface area contributed by atoms with Crippen LogP contribution >= 0.6 is 0 Å². The standard InChI is InChI=1S/C21H40O3/c1-5-6-7-8-9-13-16-20(21(22-2,23-3)24-4)18-17-19-14-11-10-12-15-19/h10-11,19-20H,5-9,12-18H2,1-4H3. The molecule has 1 rings (SSSR count). The van der Waals surface area contributed by atoms with Crippen molar-refractivity contribution in [1.82, 2.24) is 0 Å². The highest BCUT2D eigenvalue weighted by atomic mass is 16.9. The normalized spacial score (nSPS) is 19.6. The summed E-state index contributed by atoms with van der Waals surface area (Å²) < 4.78 is 17.0. The summed E-state index contributed by atoms with van der Waals surface area (Å²) in [4.78, 5) is 0. The molecule has 0 fully saturated rings. The maximum Gasteiger partial charge on any atom is 0.285 e. The lowest BCUT2D eigenvalue weighted by Crippen LogP contribution is -2.44. The van der Waals surface area contributed by atoms with Crippen molar-refractivity contribution in [3.63, 3.8) is 0 Å². The van der Waals surface area contributed by atoms with Crippen molar-refractivity contribution < 1.29 is 14.2 Å². The molecule has 3 heteroatoms. The van der Waals surface area contributed by atoms with Crippen molar-refractivity contribution in [3.05, 3.63) is 12.2 Å². The van der Waals surface area contributed by atoms with E-state index in [1.54, 1.807) is 21.3 Å². The zero-order valence-electron chi connectivity index (χ0n) is 16.5. The van der Waals surface area contributed by atoms with Gasteiger partial charge in [-0.2, -0.15) is 0 Å². The number of methoxy groups -OCH3 is 3. The fraction of sp³-hybridized carbons (Fsp3) is 0.905. The molecule has 2 atom stereocenters. The fourth-order valence-corrected chi connectivity index (χ4v) is 3.97. The number of hydrogen-bond donors (Lipinski definition) is 0. The van der Waals surface area contributed by atoms with Crippen molar-refractivity contribution in [2.45, 2.75) is 89.9 Å². The SMILES string of the molecule is CCCCCCCCC(CCC1CC=CCC1)C(OC)(OC)OC. The van der Waals surface area contributed by atoms with Crippen LogP contribution in [0.2, 0.25) is 0 Å². The zero-order chi connectivity index (χ0) is 17.7. The van der Waals surface area contributed by atoms with Crippen LogP contribution in [0.1, 0.15) is 84.0 Å². The van der Waals surface area contributed by atoms with Crippen LogP contribution in [-0.4, -0.2) is 27.3 Å². The molecule has 0 aliphatic heterocycles. The van der Waals surface area contributed by atoms with Gasteiger partial charge < -0.3 is 14.2 Å². The molecule has 0 aromatic carbocycles. The van der Waals surface area contributed by atoms with Gasteiger partial charge in [0, 0.05) is 27.2 Å². The highest BCUT2D eigenvalue weighted by molar-refractivity contribution is 4.90. The van der Waals surface area contributed by atoms with Gasteiger partial charge in [0.2, 0.25) is 0 Å². The molecule has 0 heterocycles. The van der Waals surface area contributed by atoms with Crippen LogP contribution < -0.4 is 0 Å². The zero-order valence-corrected chi connectivity index (χ0v) is 16.5. The Morgan fingerprint density at radius 1 is 0.917 bits per heavy atom. The Bertz CT molecular complexity index is 315. The summed E-state index contributed by atoms with van der Waals surface area (Å²) in [6, 6.07) is 0. The minimum atomic E-state index is -0.881. The van der Waals surface area contributed by atoms with E-state index in [1.807, 2.05) is 0 Å². The Kier molecular flexibility index (Phi) is 11.7. The van der Waals surface area contributed by atoms with Gasteiger partial charge in [-0.3, -0.25) is 0 Å². The molecule has 2 unspecified atom stereocenters. The van der Waals surface area contributed by atoms with Gasteiger partial charge in [-0.05, 0) is 44.4 Å². The van der Waals surface area contributed by atoms with Gasteiger partial charge in [0.25, 0.3) is 5.97 Å². The summed E-state index contributed by atoms with van der Waals surface area (Å²) >= 11 is 0. The quantitative estimate of drug-likeness (QED) is 0.218. The Morgan fingerprint density at radius 3 is 2.17 bits per heavy atom. The minimum Gasteiger partial charge on any atom is -0.331 e. The van der Waals surface area contributed by atoms with Crippen LogP contribution in [0.3, 0.4) is 0 Å². The third-order valence-electron chi connectivity index (χ3n) is 5.56. The molecule has 1 aliphatic rings. The molecule has 0 amide bonds. The van der Waals surface area contributed by atoms with Crippen LogP contribution in [0.4, 0.5) is 0 Å². The van der Waals surface area contributed by atoms with E-state index in [4.69, 9.17) is 14.2 Å². The molecule has 0 aromatic rings. The number of rotatable bonds is 14. The third kappa shape index (κ3) is 7.25. The van der Waals surface area contributed by atoms with E-state index in [9.17, 15) is 0 Å². The van der Waals surface area contributed by atoms with E-state index >= 15 is 0 Å². The van der Waals surface area contributed by atoms with Gasteiger partial charge in [-0.15, -0.1) is 0 Å². The molecule has 0 saturated heterocycles. The molecule has 0 N–H and O–H groups in total. The minimum absolute atomic E-state index is 0.301. The van der Waals surface area contributed by atoms with Crippen molar-refractivity contribution >= 4 is 0 Å². The highest BCUT2D eigenvalue weighted by Crippen LogP contribution is 2.35. The van der Waals surface area contributed by atoms with Crippen LogP contribution in [0, 0.1) is 11.8 Å². The molecule has 0 spiro atoms. The van der Waals surface area contributed by atoms with Gasteiger partial charge in [-0.1, -0.05) is 57.6 Å². The lowest BCUT2D eigenvalue weighted by molar-refractivity contribution is -0.380. The molecule has 0 aromatic heterocycles. The molecule has 0 bridgehead atoms. The Morgan fingerprint density at radius 2 is 1.58 bits per heavy atom. The van der Waals surface area contributed by atoms with Crippen molar-refractivity contribution in [3.8, 4) is 0 Å². The summed E-state index contributed by atoms with van der Waals surface area (Å²) in [5.74, 6) is 0.230. The van der Waals surface area contributed by atoms with Gasteiger partial charge in [0.15, 0.2) is 0 Å². The monoisotopic (exact) mass is 340 g/mol. The molecular formula is C21H40O3. The van der Waals surface area contributed by atoms with Crippen molar-refractivity contribution in [2.75, 3.05) is 21.3 Å². The molecule has 0 saturated carbocycles. The summed E-state index contributed by atoms with van der Waals surface area (Å²) in [6.45, 7) is 2.26. The second-order valence-electron chi connectivity index (χ2n) is 7.20. The topological polar surface area (TPSA) is 27.7 Å². The Labute approximate surface area is 150 Å². The number of unbranched alkanes of at least 4 members (excludes halogenated alkanes) is 5. The smallest absolute Gasteiger partial charge is 0.285 e. The van der Waals surface area contributed by atoms with E-state index < -0.39 is 5.97 Å². The lowest BCUT2D eigenvalue weighted by atomic mass is 9.85. The van der Waals surface area contributed by atoms with Gasteiger partial charge in [0.1, 0.15) is 0 Å². The molecule has 1 aliphatic carbocycles. The molecule has 3 nitrogen and oxygen atoms in total. The summed E-state index contributed by atoms with van der Waals surface area (Å²) in [7, 11) is 5.10. The second-order valence-corrected chi connectivity index (χ2v) is 7.20. The van der Waals surface area contributed by atoms with Crippen LogP contribution in [0.15, 0.2) is 12.2 Å². The predicted molar refractivity (Wildman–Crippen MR) is 101 cm³/mol.